The molecule has 2 aromatic rings. The van der Waals surface area contributed by atoms with Gasteiger partial charge in [-0.2, -0.15) is 0 Å². The number of halogens is 1. The van der Waals surface area contributed by atoms with Crippen LogP contribution in [0.25, 0.3) is 11.6 Å². The number of benzene rings is 1. The van der Waals surface area contributed by atoms with E-state index in [0.717, 1.165) is 0 Å². The molecule has 0 bridgehead atoms. The van der Waals surface area contributed by atoms with Crippen LogP contribution in [0.3, 0.4) is 0 Å². The Balaban J connectivity index is 2.15. The number of H-pyrrole nitrogens is 1. The fourth-order valence-electron chi connectivity index (χ4n) is 2.55. The molecule has 1 aromatic heterocycles. The summed E-state index contributed by atoms with van der Waals surface area (Å²) in [5.74, 6) is 5.49. The van der Waals surface area contributed by atoms with Gasteiger partial charge in [0, 0.05) is 11.8 Å². The highest BCUT2D eigenvalue weighted by atomic mass is 19.1. The SMILES string of the molecule is CNCC#Cc1c(F)ccc2c1C(=Cc1[nH]ccc1OC)C(=O)N2. The number of methoxy groups -OCH3 is 1. The molecule has 1 amide bonds. The van der Waals surface area contributed by atoms with Gasteiger partial charge in [-0.1, -0.05) is 11.8 Å². The molecule has 5 nitrogen and oxygen atoms in total. The second kappa shape index (κ2) is 6.60. The summed E-state index contributed by atoms with van der Waals surface area (Å²) < 4.78 is 19.5. The summed E-state index contributed by atoms with van der Waals surface area (Å²) in [6.45, 7) is 0.425. The van der Waals surface area contributed by atoms with Gasteiger partial charge in [-0.25, -0.2) is 4.39 Å². The number of rotatable bonds is 3. The molecule has 0 unspecified atom stereocenters. The lowest BCUT2D eigenvalue weighted by Gasteiger charge is -2.04. The number of aromatic amines is 1. The average Bonchev–Trinajstić information content (AvgIpc) is 3.15. The van der Waals surface area contributed by atoms with Crippen molar-refractivity contribution in [2.45, 2.75) is 0 Å². The largest absolute Gasteiger partial charge is 0.495 e. The lowest BCUT2D eigenvalue weighted by Crippen LogP contribution is -2.05. The van der Waals surface area contributed by atoms with Crippen molar-refractivity contribution in [2.75, 3.05) is 26.0 Å². The molecule has 0 fully saturated rings. The highest BCUT2D eigenvalue weighted by Gasteiger charge is 2.28. The van der Waals surface area contributed by atoms with Crippen LogP contribution in [0, 0.1) is 17.7 Å². The minimum Gasteiger partial charge on any atom is -0.495 e. The molecule has 0 atom stereocenters. The van der Waals surface area contributed by atoms with Gasteiger partial charge in [0.1, 0.15) is 11.6 Å². The summed E-state index contributed by atoms with van der Waals surface area (Å²) in [5, 5.41) is 5.63. The Morgan fingerprint density at radius 3 is 2.96 bits per heavy atom. The Kier molecular flexibility index (Phi) is 4.36. The van der Waals surface area contributed by atoms with Crippen LogP contribution in [0.15, 0.2) is 24.4 Å². The van der Waals surface area contributed by atoms with Gasteiger partial charge >= 0.3 is 0 Å². The highest BCUT2D eigenvalue weighted by Crippen LogP contribution is 2.37. The summed E-state index contributed by atoms with van der Waals surface area (Å²) in [4.78, 5) is 15.3. The third-order valence-electron chi connectivity index (χ3n) is 3.64. The predicted octanol–water partition coefficient (Wildman–Crippen LogP) is 2.23. The Morgan fingerprint density at radius 1 is 1.38 bits per heavy atom. The zero-order chi connectivity index (χ0) is 17.1. The molecule has 1 aliphatic heterocycles. The topological polar surface area (TPSA) is 66.1 Å². The number of fused-ring (bicyclic) bond motifs is 1. The highest BCUT2D eigenvalue weighted by molar-refractivity contribution is 6.35. The molecule has 2 heterocycles. The van der Waals surface area contributed by atoms with Crippen LogP contribution in [0.2, 0.25) is 0 Å². The Morgan fingerprint density at radius 2 is 2.21 bits per heavy atom. The number of hydrogen-bond donors (Lipinski definition) is 3. The molecule has 0 saturated heterocycles. The Hall–Kier alpha value is -3.04. The number of hydrogen-bond acceptors (Lipinski definition) is 3. The zero-order valence-corrected chi connectivity index (χ0v) is 13.3. The average molecular weight is 325 g/mol. The molecule has 122 valence electrons. The van der Waals surface area contributed by atoms with E-state index in [1.165, 1.54) is 6.07 Å². The number of ether oxygens (including phenoxy) is 1. The molecule has 0 spiro atoms. The summed E-state index contributed by atoms with van der Waals surface area (Å²) in [6.07, 6.45) is 3.35. The van der Waals surface area contributed by atoms with Crippen LogP contribution in [-0.4, -0.2) is 31.6 Å². The zero-order valence-electron chi connectivity index (χ0n) is 13.3. The molecule has 1 aromatic carbocycles. The summed E-state index contributed by atoms with van der Waals surface area (Å²) in [7, 11) is 3.30. The number of nitrogens with one attached hydrogen (secondary N) is 3. The van der Waals surface area contributed by atoms with Gasteiger partial charge in [-0.05, 0) is 31.3 Å². The second-order valence-electron chi connectivity index (χ2n) is 5.15. The first-order valence-electron chi connectivity index (χ1n) is 7.36. The number of carbonyl (C=O) groups is 1. The van der Waals surface area contributed by atoms with E-state index >= 15 is 0 Å². The molecule has 0 radical (unpaired) electrons. The first-order chi connectivity index (χ1) is 11.7. The molecular formula is C18H16FN3O2. The number of anilines is 1. The van der Waals surface area contributed by atoms with Gasteiger partial charge in [0.25, 0.3) is 5.91 Å². The van der Waals surface area contributed by atoms with E-state index in [2.05, 4.69) is 27.5 Å². The lowest BCUT2D eigenvalue weighted by molar-refractivity contribution is -0.110. The molecule has 3 N–H and O–H groups in total. The Bertz CT molecular complexity index is 887. The van der Waals surface area contributed by atoms with E-state index < -0.39 is 5.82 Å². The van der Waals surface area contributed by atoms with Gasteiger partial charge in [-0.3, -0.25) is 4.79 Å². The van der Waals surface area contributed by atoms with Crippen molar-refractivity contribution in [1.82, 2.24) is 10.3 Å². The van der Waals surface area contributed by atoms with Crippen molar-refractivity contribution in [1.29, 1.82) is 0 Å². The summed E-state index contributed by atoms with van der Waals surface area (Å²) >= 11 is 0. The van der Waals surface area contributed by atoms with Crippen LogP contribution in [0.4, 0.5) is 10.1 Å². The van der Waals surface area contributed by atoms with E-state index in [4.69, 9.17) is 4.74 Å². The maximum atomic E-state index is 14.3. The maximum absolute atomic E-state index is 14.3. The van der Waals surface area contributed by atoms with Crippen LogP contribution < -0.4 is 15.4 Å². The van der Waals surface area contributed by atoms with Gasteiger partial charge in [0.15, 0.2) is 0 Å². The Labute approximate surface area is 138 Å². The van der Waals surface area contributed by atoms with Crippen LogP contribution in [0.5, 0.6) is 5.75 Å². The molecule has 6 heteroatoms. The van der Waals surface area contributed by atoms with Crippen molar-refractivity contribution >= 4 is 23.2 Å². The minimum atomic E-state index is -0.460. The molecule has 0 aliphatic carbocycles. The molecule has 1 aliphatic rings. The van der Waals surface area contributed by atoms with E-state index in [1.54, 1.807) is 38.6 Å². The van der Waals surface area contributed by atoms with Crippen molar-refractivity contribution in [3.63, 3.8) is 0 Å². The van der Waals surface area contributed by atoms with Crippen molar-refractivity contribution < 1.29 is 13.9 Å². The second-order valence-corrected chi connectivity index (χ2v) is 5.15. The number of aromatic nitrogens is 1. The number of amides is 1. The quantitative estimate of drug-likeness (QED) is 0.599. The third-order valence-corrected chi connectivity index (χ3v) is 3.64. The molecule has 24 heavy (non-hydrogen) atoms. The van der Waals surface area contributed by atoms with Gasteiger partial charge in [0.2, 0.25) is 0 Å². The van der Waals surface area contributed by atoms with E-state index in [9.17, 15) is 9.18 Å². The summed E-state index contributed by atoms with van der Waals surface area (Å²) in [5.41, 5.74) is 2.21. The van der Waals surface area contributed by atoms with E-state index in [0.29, 0.717) is 34.8 Å². The van der Waals surface area contributed by atoms with Gasteiger partial charge < -0.3 is 20.4 Å². The van der Waals surface area contributed by atoms with Crippen molar-refractivity contribution in [3.05, 3.63) is 47.0 Å². The first-order valence-corrected chi connectivity index (χ1v) is 7.36. The summed E-state index contributed by atoms with van der Waals surface area (Å²) in [6, 6.07) is 4.60. The minimum absolute atomic E-state index is 0.206. The smallest absolute Gasteiger partial charge is 0.256 e. The van der Waals surface area contributed by atoms with Crippen molar-refractivity contribution in [2.24, 2.45) is 0 Å². The van der Waals surface area contributed by atoms with E-state index in [-0.39, 0.29) is 11.5 Å². The van der Waals surface area contributed by atoms with Gasteiger partial charge in [0.05, 0.1) is 36.2 Å². The van der Waals surface area contributed by atoms with Crippen LogP contribution in [0.1, 0.15) is 16.8 Å². The lowest BCUT2D eigenvalue weighted by atomic mass is 9.99. The van der Waals surface area contributed by atoms with E-state index in [1.807, 2.05) is 0 Å². The third kappa shape index (κ3) is 2.77. The molecule has 0 saturated carbocycles. The van der Waals surface area contributed by atoms with Crippen molar-refractivity contribution in [3.8, 4) is 17.6 Å². The van der Waals surface area contributed by atoms with Crippen LogP contribution in [-0.2, 0) is 4.79 Å². The molecular weight excluding hydrogens is 309 g/mol. The maximum Gasteiger partial charge on any atom is 0.256 e. The number of carbonyl (C=O) groups excluding carboxylic acids is 1. The first kappa shape index (κ1) is 15.8. The molecule has 3 rings (SSSR count). The fraction of sp³-hybridized carbons (Fsp3) is 0.167. The normalized spacial score (nSPS) is 14.1. The monoisotopic (exact) mass is 325 g/mol. The fourth-order valence-corrected chi connectivity index (χ4v) is 2.55. The van der Waals surface area contributed by atoms with Crippen LogP contribution >= 0.6 is 0 Å². The standard InChI is InChI=1S/C18H16FN3O2/c1-20-8-3-4-11-13(19)5-6-14-17(11)12(18(23)22-14)10-15-16(24-2)7-9-21-15/h5-7,9-10,20-21H,8H2,1-2H3,(H,22,23). The van der Waals surface area contributed by atoms with Gasteiger partial charge in [-0.15, -0.1) is 0 Å². The predicted molar refractivity (Wildman–Crippen MR) is 91.1 cm³/mol.